The molecule has 0 saturated carbocycles. The van der Waals surface area contributed by atoms with E-state index in [0.717, 1.165) is 26.6 Å². The highest BCUT2D eigenvalue weighted by Gasteiger charge is 2.10. The van der Waals surface area contributed by atoms with Crippen LogP contribution in [0.2, 0.25) is 0 Å². The Morgan fingerprint density at radius 1 is 1.44 bits per heavy atom. The van der Waals surface area contributed by atoms with Gasteiger partial charge in [-0.3, -0.25) is 0 Å². The van der Waals surface area contributed by atoms with Crippen LogP contribution in [-0.4, -0.2) is 19.1 Å². The highest BCUT2D eigenvalue weighted by atomic mass is 79.9. The average molecular weight is 299 g/mol. The third-order valence-electron chi connectivity index (χ3n) is 2.15. The zero-order chi connectivity index (χ0) is 11.5. The molecule has 0 aliphatic rings. The highest BCUT2D eigenvalue weighted by molar-refractivity contribution is 9.10. The molecule has 1 N–H and O–H groups in total. The van der Waals surface area contributed by atoms with Crippen LogP contribution in [0.5, 0.6) is 5.75 Å². The van der Waals surface area contributed by atoms with E-state index in [-0.39, 0.29) is 0 Å². The first-order valence-corrected chi connectivity index (χ1v) is 6.39. The van der Waals surface area contributed by atoms with Gasteiger partial charge in [0.2, 0.25) is 0 Å². The van der Waals surface area contributed by atoms with Crippen LogP contribution in [0.1, 0.15) is 0 Å². The topological polar surface area (TPSA) is 34.1 Å². The van der Waals surface area contributed by atoms with Crippen molar-refractivity contribution in [2.45, 2.75) is 0 Å². The Bertz CT molecular complexity index is 498. The van der Waals surface area contributed by atoms with Crippen LogP contribution >= 0.6 is 27.3 Å². The second-order valence-corrected chi connectivity index (χ2v) is 4.91. The van der Waals surface area contributed by atoms with Crippen molar-refractivity contribution in [3.05, 3.63) is 28.1 Å². The zero-order valence-electron chi connectivity index (χ0n) is 8.95. The number of methoxy groups -OCH3 is 1. The van der Waals surface area contributed by atoms with Crippen molar-refractivity contribution in [1.82, 2.24) is 4.98 Å². The number of thiazole rings is 1. The summed E-state index contributed by atoms with van der Waals surface area (Å²) in [6.07, 6.45) is 0. The van der Waals surface area contributed by atoms with E-state index in [1.165, 1.54) is 0 Å². The fourth-order valence-electron chi connectivity index (χ4n) is 1.36. The molecule has 0 aliphatic carbocycles. The molecule has 16 heavy (non-hydrogen) atoms. The SMILES string of the molecule is CNc1csc(-c2cc(Br)ccc2OC)n1. The average Bonchev–Trinajstić information content (AvgIpc) is 2.77. The highest BCUT2D eigenvalue weighted by Crippen LogP contribution is 2.35. The van der Waals surface area contributed by atoms with E-state index in [4.69, 9.17) is 4.74 Å². The van der Waals surface area contributed by atoms with Crippen molar-refractivity contribution in [3.8, 4) is 16.3 Å². The molecule has 2 rings (SSSR count). The molecule has 1 aromatic carbocycles. The van der Waals surface area contributed by atoms with Crippen LogP contribution in [-0.2, 0) is 0 Å². The molecule has 0 atom stereocenters. The minimum atomic E-state index is 0.834. The maximum Gasteiger partial charge on any atom is 0.137 e. The van der Waals surface area contributed by atoms with Crippen molar-refractivity contribution in [3.63, 3.8) is 0 Å². The van der Waals surface area contributed by atoms with Gasteiger partial charge in [-0.05, 0) is 18.2 Å². The summed E-state index contributed by atoms with van der Waals surface area (Å²) in [6.45, 7) is 0. The summed E-state index contributed by atoms with van der Waals surface area (Å²) in [5.74, 6) is 1.71. The molecule has 0 aliphatic heterocycles. The zero-order valence-corrected chi connectivity index (χ0v) is 11.4. The Kier molecular flexibility index (Phi) is 3.46. The number of rotatable bonds is 3. The summed E-state index contributed by atoms with van der Waals surface area (Å²) >= 11 is 5.04. The number of hydrogen-bond donors (Lipinski definition) is 1. The van der Waals surface area contributed by atoms with E-state index in [2.05, 4.69) is 26.2 Å². The summed E-state index contributed by atoms with van der Waals surface area (Å²) in [5, 5.41) is 5.94. The lowest BCUT2D eigenvalue weighted by Gasteiger charge is -2.05. The minimum absolute atomic E-state index is 0.834. The second-order valence-electron chi connectivity index (χ2n) is 3.13. The lowest BCUT2D eigenvalue weighted by molar-refractivity contribution is 0.416. The number of hydrogen-bond acceptors (Lipinski definition) is 4. The minimum Gasteiger partial charge on any atom is -0.496 e. The summed E-state index contributed by atoms with van der Waals surface area (Å²) in [6, 6.07) is 5.89. The Morgan fingerprint density at radius 3 is 2.88 bits per heavy atom. The quantitative estimate of drug-likeness (QED) is 0.940. The molecule has 2 aromatic rings. The Balaban J connectivity index is 2.49. The van der Waals surface area contributed by atoms with Crippen LogP contribution in [0.4, 0.5) is 5.82 Å². The molecule has 1 aromatic heterocycles. The van der Waals surface area contributed by atoms with Gasteiger partial charge in [0.15, 0.2) is 0 Å². The second kappa shape index (κ2) is 4.84. The van der Waals surface area contributed by atoms with E-state index in [1.807, 2.05) is 30.6 Å². The van der Waals surface area contributed by atoms with Gasteiger partial charge >= 0.3 is 0 Å². The third kappa shape index (κ3) is 2.20. The molecular weight excluding hydrogens is 288 g/mol. The molecule has 84 valence electrons. The molecule has 3 nitrogen and oxygen atoms in total. The maximum atomic E-state index is 5.32. The van der Waals surface area contributed by atoms with Crippen molar-refractivity contribution in [2.24, 2.45) is 0 Å². The number of anilines is 1. The predicted molar refractivity (Wildman–Crippen MR) is 71.3 cm³/mol. The largest absolute Gasteiger partial charge is 0.496 e. The van der Waals surface area contributed by atoms with Crippen LogP contribution in [0.15, 0.2) is 28.1 Å². The molecule has 0 spiro atoms. The monoisotopic (exact) mass is 298 g/mol. The molecule has 1 heterocycles. The van der Waals surface area contributed by atoms with Gasteiger partial charge in [0.05, 0.1) is 12.7 Å². The van der Waals surface area contributed by atoms with Gasteiger partial charge in [0, 0.05) is 16.9 Å². The molecule has 0 unspecified atom stereocenters. The van der Waals surface area contributed by atoms with Gasteiger partial charge in [0.25, 0.3) is 0 Å². The maximum absolute atomic E-state index is 5.32. The standard InChI is InChI=1S/C11H11BrN2OS/c1-13-10-6-16-11(14-10)8-5-7(12)3-4-9(8)15-2/h3-6,13H,1-2H3. The van der Waals surface area contributed by atoms with Gasteiger partial charge in [-0.1, -0.05) is 15.9 Å². The van der Waals surface area contributed by atoms with E-state index < -0.39 is 0 Å². The van der Waals surface area contributed by atoms with Crippen LogP contribution in [0.3, 0.4) is 0 Å². The number of halogens is 1. The Hall–Kier alpha value is -1.07. The van der Waals surface area contributed by atoms with Crippen molar-refractivity contribution in [1.29, 1.82) is 0 Å². The van der Waals surface area contributed by atoms with Gasteiger partial charge < -0.3 is 10.1 Å². The number of ether oxygens (including phenoxy) is 1. The van der Waals surface area contributed by atoms with Crippen LogP contribution in [0, 0.1) is 0 Å². The fourth-order valence-corrected chi connectivity index (χ4v) is 2.55. The smallest absolute Gasteiger partial charge is 0.137 e. The summed E-state index contributed by atoms with van der Waals surface area (Å²) in [5.41, 5.74) is 1.00. The number of aromatic nitrogens is 1. The van der Waals surface area contributed by atoms with Crippen LogP contribution < -0.4 is 10.1 Å². The fraction of sp³-hybridized carbons (Fsp3) is 0.182. The molecule has 5 heteroatoms. The van der Waals surface area contributed by atoms with Crippen molar-refractivity contribution in [2.75, 3.05) is 19.5 Å². The first kappa shape index (κ1) is 11.4. The van der Waals surface area contributed by atoms with E-state index in [9.17, 15) is 0 Å². The summed E-state index contributed by atoms with van der Waals surface area (Å²) < 4.78 is 6.34. The lowest BCUT2D eigenvalue weighted by atomic mass is 10.2. The summed E-state index contributed by atoms with van der Waals surface area (Å²) in [4.78, 5) is 4.46. The summed E-state index contributed by atoms with van der Waals surface area (Å²) in [7, 11) is 3.52. The molecule has 0 saturated heterocycles. The Morgan fingerprint density at radius 2 is 2.25 bits per heavy atom. The van der Waals surface area contributed by atoms with E-state index in [0.29, 0.717) is 0 Å². The number of nitrogens with one attached hydrogen (secondary N) is 1. The molecular formula is C11H11BrN2OS. The van der Waals surface area contributed by atoms with Crippen molar-refractivity contribution >= 4 is 33.1 Å². The van der Waals surface area contributed by atoms with E-state index >= 15 is 0 Å². The third-order valence-corrected chi connectivity index (χ3v) is 3.52. The van der Waals surface area contributed by atoms with Crippen molar-refractivity contribution < 1.29 is 4.74 Å². The van der Waals surface area contributed by atoms with Gasteiger partial charge in [-0.15, -0.1) is 11.3 Å². The lowest BCUT2D eigenvalue weighted by Crippen LogP contribution is -1.89. The first-order valence-electron chi connectivity index (χ1n) is 4.72. The molecule has 0 radical (unpaired) electrons. The normalized spacial score (nSPS) is 10.2. The predicted octanol–water partition coefficient (Wildman–Crippen LogP) is 3.62. The first-order chi connectivity index (χ1) is 7.74. The molecule has 0 bridgehead atoms. The van der Waals surface area contributed by atoms with Crippen LogP contribution in [0.25, 0.3) is 10.6 Å². The number of nitrogens with zero attached hydrogens (tertiary/aromatic N) is 1. The number of benzene rings is 1. The molecule has 0 amide bonds. The van der Waals surface area contributed by atoms with E-state index in [1.54, 1.807) is 18.4 Å². The van der Waals surface area contributed by atoms with Gasteiger partial charge in [-0.2, -0.15) is 0 Å². The Labute approximate surface area is 107 Å². The van der Waals surface area contributed by atoms with Gasteiger partial charge in [-0.25, -0.2) is 4.98 Å². The molecule has 0 fully saturated rings. The van der Waals surface area contributed by atoms with Gasteiger partial charge in [0.1, 0.15) is 16.6 Å².